The first kappa shape index (κ1) is 26.4. The van der Waals surface area contributed by atoms with E-state index in [0.29, 0.717) is 26.4 Å². The van der Waals surface area contributed by atoms with Crippen LogP contribution < -0.4 is 5.32 Å². The molecule has 0 aromatic rings. The Morgan fingerprint density at radius 3 is 2.13 bits per heavy atom. The van der Waals surface area contributed by atoms with E-state index in [9.17, 15) is 9.59 Å². The molecule has 172 valence electrons. The first-order chi connectivity index (χ1) is 14.5. The molecule has 0 saturated carbocycles. The number of nitrogens with one attached hydrogen (secondary N) is 1. The minimum atomic E-state index is -0.828. The zero-order chi connectivity index (χ0) is 22.4. The van der Waals surface area contributed by atoms with Crippen molar-refractivity contribution in [1.29, 1.82) is 0 Å². The number of piperidine rings is 1. The molecule has 2 amide bonds. The summed E-state index contributed by atoms with van der Waals surface area (Å²) in [5.74, 6) is 2.03. The molecule has 1 fully saturated rings. The molecule has 0 aliphatic carbocycles. The van der Waals surface area contributed by atoms with Crippen molar-refractivity contribution >= 4 is 11.8 Å². The number of terminal acetylenes is 1. The number of carbonyl (C=O) groups excluding carboxylic acids is 2. The maximum absolute atomic E-state index is 13.3. The third-order valence-electron chi connectivity index (χ3n) is 5.15. The van der Waals surface area contributed by atoms with Gasteiger partial charge in [-0.05, 0) is 19.3 Å². The number of likely N-dealkylation sites (tertiary alicyclic amines) is 1. The van der Waals surface area contributed by atoms with Gasteiger partial charge >= 0.3 is 0 Å². The van der Waals surface area contributed by atoms with Gasteiger partial charge in [-0.2, -0.15) is 0 Å². The minimum absolute atomic E-state index is 0.131. The highest BCUT2D eigenvalue weighted by atomic mass is 16.5. The van der Waals surface area contributed by atoms with Crippen LogP contribution in [0.4, 0.5) is 0 Å². The third-order valence-corrected chi connectivity index (χ3v) is 5.15. The maximum Gasteiger partial charge on any atom is 0.249 e. The first-order valence-corrected chi connectivity index (χ1v) is 11.3. The quantitative estimate of drug-likeness (QED) is 0.323. The number of ether oxygens (including phenoxy) is 3. The van der Waals surface area contributed by atoms with Gasteiger partial charge in [-0.3, -0.25) is 9.59 Å². The molecule has 4 atom stereocenters. The Hall–Kier alpha value is -1.62. The lowest BCUT2D eigenvalue weighted by Gasteiger charge is -2.47. The average molecular weight is 425 g/mol. The Kier molecular flexibility index (Phi) is 13.4. The van der Waals surface area contributed by atoms with Crippen LogP contribution in [0.2, 0.25) is 0 Å². The van der Waals surface area contributed by atoms with E-state index in [-0.39, 0.29) is 24.4 Å². The molecule has 1 saturated heterocycles. The SMILES string of the molecule is C#CCN1C(=O)[C@@H](NC(C)=O)C(OCCCC)[C@H](OCCCC)C1COCCCC. The van der Waals surface area contributed by atoms with E-state index < -0.39 is 18.2 Å². The van der Waals surface area contributed by atoms with Crippen LogP contribution in [0, 0.1) is 12.3 Å². The predicted octanol–water partition coefficient (Wildman–Crippen LogP) is 2.52. The third kappa shape index (κ3) is 8.25. The van der Waals surface area contributed by atoms with Crippen LogP contribution in [0.25, 0.3) is 0 Å². The molecule has 0 spiro atoms. The Morgan fingerprint density at radius 2 is 1.60 bits per heavy atom. The van der Waals surface area contributed by atoms with E-state index >= 15 is 0 Å². The minimum Gasteiger partial charge on any atom is -0.379 e. The second kappa shape index (κ2) is 15.2. The number of unbranched alkanes of at least 4 members (excludes halogenated alkanes) is 3. The van der Waals surface area contributed by atoms with Gasteiger partial charge in [-0.25, -0.2) is 0 Å². The lowest BCUT2D eigenvalue weighted by Crippen LogP contribution is -2.70. The lowest BCUT2D eigenvalue weighted by atomic mass is 9.90. The van der Waals surface area contributed by atoms with Gasteiger partial charge in [0, 0.05) is 26.7 Å². The van der Waals surface area contributed by atoms with Crippen molar-refractivity contribution in [1.82, 2.24) is 10.2 Å². The summed E-state index contributed by atoms with van der Waals surface area (Å²) in [6.45, 7) is 9.79. The largest absolute Gasteiger partial charge is 0.379 e. The highest BCUT2D eigenvalue weighted by Gasteiger charge is 2.50. The number of hydrogen-bond acceptors (Lipinski definition) is 5. The Balaban J connectivity index is 3.19. The van der Waals surface area contributed by atoms with Gasteiger partial charge in [0.2, 0.25) is 11.8 Å². The van der Waals surface area contributed by atoms with E-state index in [1.165, 1.54) is 6.92 Å². The van der Waals surface area contributed by atoms with E-state index in [0.717, 1.165) is 38.5 Å². The van der Waals surface area contributed by atoms with Gasteiger partial charge in [0.1, 0.15) is 18.2 Å². The molecule has 7 heteroatoms. The summed E-state index contributed by atoms with van der Waals surface area (Å²) < 4.78 is 18.3. The topological polar surface area (TPSA) is 77.1 Å². The highest BCUT2D eigenvalue weighted by molar-refractivity contribution is 5.89. The van der Waals surface area contributed by atoms with Crippen LogP contribution in [0.15, 0.2) is 0 Å². The maximum atomic E-state index is 13.3. The number of carbonyl (C=O) groups is 2. The molecular formula is C23H40N2O5. The Labute approximate surface area is 182 Å². The van der Waals surface area contributed by atoms with E-state index in [1.807, 2.05) is 0 Å². The van der Waals surface area contributed by atoms with Crippen LogP contribution in [-0.4, -0.2) is 74.0 Å². The Bertz CT molecular complexity index is 548. The molecule has 1 aliphatic rings. The lowest BCUT2D eigenvalue weighted by molar-refractivity contribution is -0.180. The Morgan fingerprint density at radius 1 is 1.03 bits per heavy atom. The van der Waals surface area contributed by atoms with Gasteiger partial charge in [0.15, 0.2) is 0 Å². The fourth-order valence-corrected chi connectivity index (χ4v) is 3.48. The summed E-state index contributed by atoms with van der Waals surface area (Å²) in [6.07, 6.45) is 10.3. The fraction of sp³-hybridized carbons (Fsp3) is 0.826. The van der Waals surface area contributed by atoms with Crippen LogP contribution in [0.5, 0.6) is 0 Å². The number of amides is 2. The molecule has 1 rings (SSSR count). The van der Waals surface area contributed by atoms with Gasteiger partial charge in [0.05, 0.1) is 19.2 Å². The van der Waals surface area contributed by atoms with Crippen LogP contribution in [-0.2, 0) is 23.8 Å². The van der Waals surface area contributed by atoms with Crippen LogP contribution in [0.1, 0.15) is 66.2 Å². The van der Waals surface area contributed by atoms with Crippen molar-refractivity contribution in [2.24, 2.45) is 0 Å². The summed E-state index contributed by atoms with van der Waals surface area (Å²) in [6, 6.07) is -1.19. The number of hydrogen-bond donors (Lipinski definition) is 1. The van der Waals surface area contributed by atoms with Crippen molar-refractivity contribution in [2.45, 2.75) is 90.5 Å². The van der Waals surface area contributed by atoms with Gasteiger partial charge in [0.25, 0.3) is 0 Å². The van der Waals surface area contributed by atoms with Gasteiger partial charge in [-0.15, -0.1) is 6.42 Å². The molecule has 0 radical (unpaired) electrons. The number of rotatable bonds is 15. The van der Waals surface area contributed by atoms with Crippen LogP contribution in [0.3, 0.4) is 0 Å². The van der Waals surface area contributed by atoms with E-state index in [4.69, 9.17) is 20.6 Å². The van der Waals surface area contributed by atoms with Crippen molar-refractivity contribution in [2.75, 3.05) is 33.0 Å². The molecule has 0 aromatic carbocycles. The molecule has 7 nitrogen and oxygen atoms in total. The summed E-state index contributed by atoms with van der Waals surface area (Å²) in [7, 11) is 0. The molecule has 0 aromatic heterocycles. The normalized spacial score (nSPS) is 24.0. The monoisotopic (exact) mass is 424 g/mol. The molecule has 1 aliphatic heterocycles. The molecular weight excluding hydrogens is 384 g/mol. The van der Waals surface area contributed by atoms with Gasteiger partial charge < -0.3 is 24.4 Å². The molecule has 1 N–H and O–H groups in total. The van der Waals surface area contributed by atoms with Gasteiger partial charge in [-0.1, -0.05) is 46.0 Å². The summed E-state index contributed by atoms with van der Waals surface area (Å²) in [5, 5.41) is 2.77. The summed E-state index contributed by atoms with van der Waals surface area (Å²) >= 11 is 0. The average Bonchev–Trinajstić information content (AvgIpc) is 2.71. The molecule has 2 unspecified atom stereocenters. The number of nitrogens with zero attached hydrogens (tertiary/aromatic N) is 1. The summed E-state index contributed by atoms with van der Waals surface area (Å²) in [5.41, 5.74) is 0. The van der Waals surface area contributed by atoms with Crippen molar-refractivity contribution < 1.29 is 23.8 Å². The zero-order valence-electron chi connectivity index (χ0n) is 19.2. The standard InChI is InChI=1S/C23H40N2O5/c1-6-10-14-28-17-19-21(29-15-11-7-2)22(30-16-12-8-3)20(24-18(5)26)23(27)25(19)13-9-4/h4,19-22H,6-8,10-17H2,1-3,5H3,(H,24,26)/t19?,20-,21+,22?/m0/s1. The predicted molar refractivity (Wildman–Crippen MR) is 117 cm³/mol. The van der Waals surface area contributed by atoms with E-state index in [2.05, 4.69) is 32.0 Å². The summed E-state index contributed by atoms with van der Waals surface area (Å²) in [4.78, 5) is 26.7. The van der Waals surface area contributed by atoms with Crippen molar-refractivity contribution in [3.63, 3.8) is 0 Å². The van der Waals surface area contributed by atoms with Crippen molar-refractivity contribution in [3.05, 3.63) is 0 Å². The van der Waals surface area contributed by atoms with E-state index in [1.54, 1.807) is 4.90 Å². The molecule has 0 bridgehead atoms. The highest BCUT2D eigenvalue weighted by Crippen LogP contribution is 2.26. The second-order valence-corrected chi connectivity index (χ2v) is 7.72. The smallest absolute Gasteiger partial charge is 0.249 e. The van der Waals surface area contributed by atoms with Crippen molar-refractivity contribution in [3.8, 4) is 12.3 Å². The second-order valence-electron chi connectivity index (χ2n) is 7.72. The molecule has 1 heterocycles. The first-order valence-electron chi connectivity index (χ1n) is 11.3. The fourth-order valence-electron chi connectivity index (χ4n) is 3.48. The molecule has 30 heavy (non-hydrogen) atoms. The van der Waals surface area contributed by atoms with Crippen LogP contribution >= 0.6 is 0 Å². The zero-order valence-corrected chi connectivity index (χ0v) is 19.2.